The molecule has 6 rings (SSSR count). The number of nitrogens with zero attached hydrogens (tertiary/aromatic N) is 4. The largest absolute Gasteiger partial charge is 0.496 e. The maximum atomic E-state index is 14.4. The smallest absolute Gasteiger partial charge is 0.280 e. The highest BCUT2D eigenvalue weighted by Crippen LogP contribution is 2.55. The predicted octanol–water partition coefficient (Wildman–Crippen LogP) is 5.66. The average Bonchev–Trinajstić information content (AvgIpc) is 3.49. The van der Waals surface area contributed by atoms with E-state index in [1.807, 2.05) is 56.5 Å². The summed E-state index contributed by atoms with van der Waals surface area (Å²) in [5, 5.41) is 3.50. The van der Waals surface area contributed by atoms with E-state index >= 15 is 0 Å². The SMILES string of the molecule is COc1ccncc1-c1nc2c(n1C(C)C)C1(C(=O)Nc3cc(Cl)ccc31)N(c1cc(C)ccc1C)C2=O. The van der Waals surface area contributed by atoms with E-state index in [1.54, 1.807) is 42.6 Å². The molecule has 2 aliphatic heterocycles. The third-order valence-electron chi connectivity index (χ3n) is 7.31. The maximum Gasteiger partial charge on any atom is 0.280 e. The van der Waals surface area contributed by atoms with Crippen molar-refractivity contribution in [2.45, 2.75) is 39.3 Å². The van der Waals surface area contributed by atoms with Gasteiger partial charge >= 0.3 is 0 Å². The van der Waals surface area contributed by atoms with Gasteiger partial charge in [-0.2, -0.15) is 0 Å². The molecule has 0 fully saturated rings. The van der Waals surface area contributed by atoms with Gasteiger partial charge < -0.3 is 14.6 Å². The fourth-order valence-electron chi connectivity index (χ4n) is 5.69. The average molecular weight is 528 g/mol. The molecule has 2 amide bonds. The van der Waals surface area contributed by atoms with Crippen molar-refractivity contribution in [2.24, 2.45) is 0 Å². The van der Waals surface area contributed by atoms with Crippen LogP contribution in [0.5, 0.6) is 5.75 Å². The van der Waals surface area contributed by atoms with Crippen LogP contribution in [0, 0.1) is 13.8 Å². The van der Waals surface area contributed by atoms with Crippen LogP contribution >= 0.6 is 11.6 Å². The molecule has 0 saturated heterocycles. The molecule has 1 N–H and O–H groups in total. The lowest BCUT2D eigenvalue weighted by molar-refractivity contribution is -0.119. The second-order valence-corrected chi connectivity index (χ2v) is 10.4. The summed E-state index contributed by atoms with van der Waals surface area (Å²) in [5.74, 6) is 0.393. The number of benzene rings is 2. The zero-order chi connectivity index (χ0) is 26.9. The monoisotopic (exact) mass is 527 g/mol. The molecule has 0 aliphatic carbocycles. The molecule has 2 aliphatic rings. The zero-order valence-corrected chi connectivity index (χ0v) is 22.4. The fourth-order valence-corrected chi connectivity index (χ4v) is 5.86. The number of imidazole rings is 1. The first-order valence-corrected chi connectivity index (χ1v) is 12.7. The number of nitrogens with one attached hydrogen (secondary N) is 1. The number of fused-ring (bicyclic) bond motifs is 4. The Balaban J connectivity index is 1.75. The van der Waals surface area contributed by atoms with E-state index in [2.05, 4.69) is 10.3 Å². The number of aromatic nitrogens is 3. The van der Waals surface area contributed by atoms with Crippen LogP contribution in [0.3, 0.4) is 0 Å². The Bertz CT molecular complexity index is 1660. The lowest BCUT2D eigenvalue weighted by Crippen LogP contribution is -2.51. The standard InChI is InChI=1S/C29H26ClN5O3/c1-15(2)34-25-24(33-26(34)19-14-31-11-10-23(19)38-5)27(36)35(22-12-16(3)6-7-17(22)4)29(25)20-9-8-18(30)13-21(20)32-28(29)37/h6-15H,1-5H3,(H,32,37). The molecule has 1 unspecified atom stereocenters. The molecule has 0 radical (unpaired) electrons. The van der Waals surface area contributed by atoms with Crippen LogP contribution < -0.4 is 15.0 Å². The van der Waals surface area contributed by atoms with Crippen molar-refractivity contribution in [3.8, 4) is 17.1 Å². The minimum absolute atomic E-state index is 0.154. The number of amides is 2. The summed E-state index contributed by atoms with van der Waals surface area (Å²) in [5.41, 5.74) is 3.58. The number of halogens is 1. The van der Waals surface area contributed by atoms with Crippen LogP contribution in [-0.4, -0.2) is 33.5 Å². The van der Waals surface area contributed by atoms with Crippen molar-refractivity contribution < 1.29 is 14.3 Å². The van der Waals surface area contributed by atoms with Gasteiger partial charge in [0.1, 0.15) is 11.6 Å². The number of anilines is 2. The first-order chi connectivity index (χ1) is 18.2. The van der Waals surface area contributed by atoms with Crippen LogP contribution in [0.25, 0.3) is 11.4 Å². The van der Waals surface area contributed by atoms with E-state index in [4.69, 9.17) is 21.3 Å². The molecule has 9 heteroatoms. The second-order valence-electron chi connectivity index (χ2n) is 9.96. The lowest BCUT2D eigenvalue weighted by Gasteiger charge is -2.36. The summed E-state index contributed by atoms with van der Waals surface area (Å²) in [4.78, 5) is 39.5. The highest BCUT2D eigenvalue weighted by molar-refractivity contribution is 6.31. The molecule has 2 aromatic heterocycles. The van der Waals surface area contributed by atoms with Crippen molar-refractivity contribution >= 4 is 34.8 Å². The van der Waals surface area contributed by atoms with Crippen LogP contribution in [0.15, 0.2) is 54.9 Å². The molecular weight excluding hydrogens is 502 g/mol. The van der Waals surface area contributed by atoms with Gasteiger partial charge in [-0.05, 0) is 63.1 Å². The summed E-state index contributed by atoms with van der Waals surface area (Å²) in [6.07, 6.45) is 3.30. The van der Waals surface area contributed by atoms with Crippen LogP contribution in [0.4, 0.5) is 11.4 Å². The van der Waals surface area contributed by atoms with E-state index in [9.17, 15) is 9.59 Å². The van der Waals surface area contributed by atoms with E-state index in [-0.39, 0.29) is 23.6 Å². The van der Waals surface area contributed by atoms with Crippen molar-refractivity contribution in [3.63, 3.8) is 0 Å². The maximum absolute atomic E-state index is 14.4. The molecule has 2 aromatic carbocycles. The van der Waals surface area contributed by atoms with E-state index in [1.165, 1.54) is 0 Å². The first-order valence-electron chi connectivity index (χ1n) is 12.3. The highest BCUT2D eigenvalue weighted by atomic mass is 35.5. The molecule has 4 aromatic rings. The van der Waals surface area contributed by atoms with Crippen molar-refractivity contribution in [3.05, 3.63) is 88.0 Å². The topological polar surface area (TPSA) is 89.3 Å². The number of ether oxygens (including phenoxy) is 1. The van der Waals surface area contributed by atoms with Gasteiger partial charge in [-0.3, -0.25) is 19.5 Å². The van der Waals surface area contributed by atoms with Crippen LogP contribution in [0.2, 0.25) is 5.02 Å². The van der Waals surface area contributed by atoms with Gasteiger partial charge in [0.25, 0.3) is 11.8 Å². The van der Waals surface area contributed by atoms with Gasteiger partial charge in [0.05, 0.1) is 18.4 Å². The second kappa shape index (κ2) is 8.43. The molecule has 1 atom stereocenters. The molecule has 4 heterocycles. The summed E-state index contributed by atoms with van der Waals surface area (Å²) < 4.78 is 7.57. The number of carbonyl (C=O) groups is 2. The Morgan fingerprint density at radius 3 is 2.61 bits per heavy atom. The minimum Gasteiger partial charge on any atom is -0.496 e. The van der Waals surface area contributed by atoms with Gasteiger partial charge in [0, 0.05) is 40.4 Å². The van der Waals surface area contributed by atoms with E-state index in [0.29, 0.717) is 44.8 Å². The van der Waals surface area contributed by atoms with Gasteiger partial charge in [-0.1, -0.05) is 29.8 Å². The Hall–Kier alpha value is -4.17. The predicted molar refractivity (Wildman–Crippen MR) is 146 cm³/mol. The van der Waals surface area contributed by atoms with E-state index in [0.717, 1.165) is 11.1 Å². The molecular formula is C29H26ClN5O3. The molecule has 192 valence electrons. The van der Waals surface area contributed by atoms with Crippen molar-refractivity contribution in [2.75, 3.05) is 17.3 Å². The minimum atomic E-state index is -1.49. The third kappa shape index (κ3) is 3.10. The number of rotatable bonds is 4. The number of methoxy groups -OCH3 is 1. The summed E-state index contributed by atoms with van der Waals surface area (Å²) in [7, 11) is 1.58. The molecule has 0 saturated carbocycles. The van der Waals surface area contributed by atoms with Gasteiger partial charge in [-0.15, -0.1) is 0 Å². The first kappa shape index (κ1) is 24.2. The Morgan fingerprint density at radius 2 is 1.87 bits per heavy atom. The van der Waals surface area contributed by atoms with Crippen LogP contribution in [-0.2, 0) is 10.3 Å². The number of pyridine rings is 1. The number of hydrogen-bond donors (Lipinski definition) is 1. The highest BCUT2D eigenvalue weighted by Gasteiger charge is 2.64. The Labute approximate surface area is 225 Å². The number of carbonyl (C=O) groups excluding carboxylic acids is 2. The van der Waals surface area contributed by atoms with Gasteiger partial charge in [0.15, 0.2) is 11.2 Å². The van der Waals surface area contributed by atoms with E-state index < -0.39 is 5.54 Å². The molecule has 38 heavy (non-hydrogen) atoms. The van der Waals surface area contributed by atoms with Crippen LogP contribution in [0.1, 0.15) is 52.8 Å². The number of hydrogen-bond acceptors (Lipinski definition) is 5. The van der Waals surface area contributed by atoms with Crippen molar-refractivity contribution in [1.82, 2.24) is 14.5 Å². The normalized spacial score (nSPS) is 17.8. The van der Waals surface area contributed by atoms with Gasteiger partial charge in [-0.25, -0.2) is 4.98 Å². The van der Waals surface area contributed by atoms with Gasteiger partial charge in [0.2, 0.25) is 0 Å². The number of aryl methyl sites for hydroxylation is 2. The third-order valence-corrected chi connectivity index (χ3v) is 7.54. The summed E-state index contributed by atoms with van der Waals surface area (Å²) in [6, 6.07) is 12.8. The molecule has 8 nitrogen and oxygen atoms in total. The Morgan fingerprint density at radius 1 is 1.08 bits per heavy atom. The molecule has 1 spiro atoms. The summed E-state index contributed by atoms with van der Waals surface area (Å²) in [6.45, 7) is 7.90. The summed E-state index contributed by atoms with van der Waals surface area (Å²) >= 11 is 6.32. The van der Waals surface area contributed by atoms with Crippen molar-refractivity contribution in [1.29, 1.82) is 0 Å². The lowest BCUT2D eigenvalue weighted by atomic mass is 9.86. The zero-order valence-electron chi connectivity index (χ0n) is 21.7. The Kier molecular flexibility index (Phi) is 5.36. The fraction of sp³-hybridized carbons (Fsp3) is 0.241. The quantitative estimate of drug-likeness (QED) is 0.370. The molecule has 0 bridgehead atoms.